The zero-order chi connectivity index (χ0) is 27.2. The van der Waals surface area contributed by atoms with Gasteiger partial charge in [-0.15, -0.1) is 0 Å². The number of rotatable bonds is 10. The number of amidine groups is 2. The first-order valence-electron chi connectivity index (χ1n) is 12.6. The Bertz CT molecular complexity index is 1420. The van der Waals surface area contributed by atoms with Gasteiger partial charge in [-0.25, -0.2) is 4.99 Å². The molecule has 3 heterocycles. The summed E-state index contributed by atoms with van der Waals surface area (Å²) in [6, 6.07) is 17.4. The number of furan rings is 1. The fourth-order valence-corrected chi connectivity index (χ4v) is 5.11. The first kappa shape index (κ1) is 26.2. The zero-order valence-corrected chi connectivity index (χ0v) is 22.1. The lowest BCUT2D eigenvalue weighted by atomic mass is 10.1. The third kappa shape index (κ3) is 6.20. The summed E-state index contributed by atoms with van der Waals surface area (Å²) in [5.74, 6) is 1.17. The van der Waals surface area contributed by atoms with E-state index in [9.17, 15) is 14.4 Å². The molecule has 10 nitrogen and oxygen atoms in total. The summed E-state index contributed by atoms with van der Waals surface area (Å²) >= 11 is 1.22. The predicted molar refractivity (Wildman–Crippen MR) is 149 cm³/mol. The Morgan fingerprint density at radius 3 is 2.64 bits per heavy atom. The Morgan fingerprint density at radius 1 is 1.05 bits per heavy atom. The van der Waals surface area contributed by atoms with Gasteiger partial charge in [0.05, 0.1) is 30.9 Å². The molecule has 200 valence electrons. The number of carbonyl (C=O) groups excluding carboxylic acids is 3. The van der Waals surface area contributed by atoms with Crippen LogP contribution in [0.2, 0.25) is 0 Å². The van der Waals surface area contributed by atoms with E-state index in [2.05, 4.69) is 15.6 Å². The number of amides is 3. The van der Waals surface area contributed by atoms with Crippen molar-refractivity contribution in [2.75, 3.05) is 17.7 Å². The Hall–Kier alpha value is -4.38. The molecule has 0 bridgehead atoms. The molecule has 11 heteroatoms. The largest absolute Gasteiger partial charge is 0.494 e. The molecule has 2 aliphatic heterocycles. The van der Waals surface area contributed by atoms with Crippen molar-refractivity contribution in [3.63, 3.8) is 0 Å². The maximum atomic E-state index is 13.0. The standard InChI is InChI=1S/C28H27N5O5S/c1-2-37-19-11-9-18(10-12-19)30-25(35)17-39-28-31-22-8-4-3-7-21(22)26-32-27(36)23(33(26)28)13-14-24(34)29-16-20-6-5-15-38-20/h3-12,15,23H,2,13-14,16-17H2,1H3,(H,29,34)(H,30,35). The molecule has 39 heavy (non-hydrogen) atoms. The number of hydrogen-bond donors (Lipinski definition) is 2. The van der Waals surface area contributed by atoms with E-state index in [4.69, 9.17) is 14.1 Å². The van der Waals surface area contributed by atoms with Gasteiger partial charge in [-0.2, -0.15) is 4.99 Å². The average Bonchev–Trinajstić information content (AvgIpc) is 3.58. The van der Waals surface area contributed by atoms with E-state index in [-0.39, 0.29) is 42.9 Å². The number of anilines is 1. The van der Waals surface area contributed by atoms with Crippen LogP contribution in [0.15, 0.2) is 81.3 Å². The summed E-state index contributed by atoms with van der Waals surface area (Å²) in [7, 11) is 0. The number of hydrogen-bond acceptors (Lipinski definition) is 8. The number of thioether (sulfide) groups is 1. The van der Waals surface area contributed by atoms with Crippen LogP contribution in [0.25, 0.3) is 0 Å². The predicted octanol–water partition coefficient (Wildman–Crippen LogP) is 4.11. The van der Waals surface area contributed by atoms with Crippen LogP contribution in [0, 0.1) is 0 Å². The van der Waals surface area contributed by atoms with Crippen LogP contribution in [0.5, 0.6) is 5.75 Å². The lowest BCUT2D eigenvalue weighted by Gasteiger charge is -2.31. The molecule has 1 atom stereocenters. The minimum absolute atomic E-state index is 0.0720. The molecule has 1 aromatic heterocycles. The lowest BCUT2D eigenvalue weighted by Crippen LogP contribution is -2.44. The topological polar surface area (TPSA) is 126 Å². The molecule has 3 aromatic rings. The van der Waals surface area contributed by atoms with Gasteiger partial charge >= 0.3 is 0 Å². The maximum absolute atomic E-state index is 13.0. The molecule has 5 rings (SSSR count). The molecule has 0 radical (unpaired) electrons. The quantitative estimate of drug-likeness (QED) is 0.393. The van der Waals surface area contributed by atoms with Crippen LogP contribution < -0.4 is 15.4 Å². The molecular weight excluding hydrogens is 518 g/mol. The van der Waals surface area contributed by atoms with Gasteiger partial charge in [-0.1, -0.05) is 23.9 Å². The Labute approximate surface area is 229 Å². The molecule has 0 fully saturated rings. The smallest absolute Gasteiger partial charge is 0.270 e. The molecule has 0 saturated heterocycles. The van der Waals surface area contributed by atoms with Crippen molar-refractivity contribution in [2.45, 2.75) is 32.4 Å². The van der Waals surface area contributed by atoms with E-state index in [1.165, 1.54) is 11.8 Å². The fourth-order valence-electron chi connectivity index (χ4n) is 4.26. The molecule has 2 N–H and O–H groups in total. The van der Waals surface area contributed by atoms with Gasteiger partial charge in [0.15, 0.2) is 5.17 Å². The highest BCUT2D eigenvalue weighted by Gasteiger charge is 2.41. The maximum Gasteiger partial charge on any atom is 0.270 e. The van der Waals surface area contributed by atoms with E-state index < -0.39 is 6.04 Å². The van der Waals surface area contributed by atoms with E-state index in [0.717, 1.165) is 11.3 Å². The van der Waals surface area contributed by atoms with Gasteiger partial charge in [0.1, 0.15) is 23.4 Å². The van der Waals surface area contributed by atoms with Crippen LogP contribution in [-0.2, 0) is 20.9 Å². The number of nitrogens with one attached hydrogen (secondary N) is 2. The van der Waals surface area contributed by atoms with Gasteiger partial charge < -0.3 is 19.8 Å². The highest BCUT2D eigenvalue weighted by molar-refractivity contribution is 8.14. The number of carbonyl (C=O) groups is 3. The lowest BCUT2D eigenvalue weighted by molar-refractivity contribution is -0.122. The summed E-state index contributed by atoms with van der Waals surface area (Å²) < 4.78 is 10.7. The molecule has 2 aliphatic rings. The van der Waals surface area contributed by atoms with Gasteiger partial charge in [0.2, 0.25) is 11.8 Å². The van der Waals surface area contributed by atoms with Crippen LogP contribution in [-0.4, -0.2) is 52.0 Å². The molecule has 0 spiro atoms. The van der Waals surface area contributed by atoms with Gasteiger partial charge in [0, 0.05) is 17.7 Å². The van der Waals surface area contributed by atoms with Gasteiger partial charge in [-0.3, -0.25) is 19.3 Å². The minimum Gasteiger partial charge on any atom is -0.494 e. The first-order chi connectivity index (χ1) is 19.0. The first-order valence-corrected chi connectivity index (χ1v) is 13.5. The fraction of sp³-hybridized carbons (Fsp3) is 0.250. The summed E-state index contributed by atoms with van der Waals surface area (Å²) in [5, 5.41) is 6.16. The minimum atomic E-state index is -0.692. The highest BCUT2D eigenvalue weighted by Crippen LogP contribution is 2.35. The number of ether oxygens (including phenoxy) is 1. The van der Waals surface area contributed by atoms with Crippen molar-refractivity contribution >= 4 is 51.9 Å². The second-order valence-corrected chi connectivity index (χ2v) is 9.70. The van der Waals surface area contributed by atoms with E-state index >= 15 is 0 Å². The van der Waals surface area contributed by atoms with Crippen molar-refractivity contribution in [1.29, 1.82) is 0 Å². The number of para-hydroxylation sites is 1. The summed E-state index contributed by atoms with van der Waals surface area (Å²) in [6.45, 7) is 2.75. The van der Waals surface area contributed by atoms with Crippen molar-refractivity contribution in [1.82, 2.24) is 10.2 Å². The molecule has 0 aliphatic carbocycles. The molecule has 1 unspecified atom stereocenters. The SMILES string of the molecule is CCOc1ccc(NC(=O)CSC2=Nc3ccccc3C3=NC(=O)C(CCC(=O)NCc4ccco4)N23)cc1. The van der Waals surface area contributed by atoms with Crippen molar-refractivity contribution in [2.24, 2.45) is 9.98 Å². The molecule has 2 aromatic carbocycles. The molecule has 3 amide bonds. The van der Waals surface area contributed by atoms with Crippen LogP contribution in [0.3, 0.4) is 0 Å². The second-order valence-electron chi connectivity index (χ2n) is 8.76. The van der Waals surface area contributed by atoms with Gasteiger partial charge in [0.25, 0.3) is 5.91 Å². The third-order valence-corrected chi connectivity index (χ3v) is 7.03. The molecular formula is C28H27N5O5S. The highest BCUT2D eigenvalue weighted by atomic mass is 32.2. The van der Waals surface area contributed by atoms with Crippen LogP contribution >= 0.6 is 11.8 Å². The number of fused-ring (bicyclic) bond motifs is 3. The Kier molecular flexibility index (Phi) is 8.07. The van der Waals surface area contributed by atoms with Crippen LogP contribution in [0.1, 0.15) is 31.1 Å². The van der Waals surface area contributed by atoms with E-state index in [1.807, 2.05) is 31.2 Å². The summed E-state index contributed by atoms with van der Waals surface area (Å²) in [4.78, 5) is 49.0. The summed E-state index contributed by atoms with van der Waals surface area (Å²) in [5.41, 5.74) is 2.06. The monoisotopic (exact) mass is 545 g/mol. The normalized spacial score (nSPS) is 15.7. The van der Waals surface area contributed by atoms with Gasteiger partial charge in [-0.05, 0) is 61.9 Å². The summed E-state index contributed by atoms with van der Waals surface area (Å²) in [6.07, 6.45) is 1.91. The van der Waals surface area contributed by atoms with Crippen molar-refractivity contribution in [3.8, 4) is 5.75 Å². The second kappa shape index (κ2) is 12.0. The number of aliphatic imine (C=N–C) groups is 2. The van der Waals surface area contributed by atoms with E-state index in [1.54, 1.807) is 47.6 Å². The number of nitrogens with zero attached hydrogens (tertiary/aromatic N) is 3. The zero-order valence-electron chi connectivity index (χ0n) is 21.3. The Morgan fingerprint density at radius 2 is 1.87 bits per heavy atom. The average molecular weight is 546 g/mol. The Balaban J connectivity index is 1.25. The van der Waals surface area contributed by atoms with Crippen molar-refractivity contribution in [3.05, 3.63) is 78.3 Å². The van der Waals surface area contributed by atoms with Crippen LogP contribution in [0.4, 0.5) is 11.4 Å². The number of benzene rings is 2. The third-order valence-electron chi connectivity index (χ3n) is 6.07. The van der Waals surface area contributed by atoms with E-state index in [0.29, 0.717) is 34.7 Å². The van der Waals surface area contributed by atoms with Crippen molar-refractivity contribution < 1.29 is 23.5 Å². The molecule has 0 saturated carbocycles.